The van der Waals surface area contributed by atoms with Crippen LogP contribution in [0.5, 0.6) is 5.75 Å². The predicted octanol–water partition coefficient (Wildman–Crippen LogP) is 1.08. The fraction of sp³-hybridized carbons (Fsp3) is 0.550. The monoisotopic (exact) mass is 392 g/mol. The van der Waals surface area contributed by atoms with E-state index < -0.39 is 12.1 Å². The fourth-order valence-corrected chi connectivity index (χ4v) is 2.85. The molecule has 0 bridgehead atoms. The van der Waals surface area contributed by atoms with Gasteiger partial charge in [0.15, 0.2) is 12.4 Å². The summed E-state index contributed by atoms with van der Waals surface area (Å²) in [6.07, 6.45) is 0.879. The molecule has 0 aromatic heterocycles. The largest absolute Gasteiger partial charge is 0.482 e. The average Bonchev–Trinajstić information content (AvgIpc) is 2.70. The SMILES string of the molecule is CCOC(=O)COc1ccc(C(=O)[C@H](CNC(C)=O)OC2CCNCC2)cc1. The van der Waals surface area contributed by atoms with Crippen molar-refractivity contribution in [2.45, 2.75) is 38.9 Å². The Morgan fingerprint density at radius 1 is 1.18 bits per heavy atom. The highest BCUT2D eigenvalue weighted by atomic mass is 16.6. The van der Waals surface area contributed by atoms with Gasteiger partial charge in [-0.25, -0.2) is 4.79 Å². The van der Waals surface area contributed by atoms with Gasteiger partial charge in [0, 0.05) is 12.5 Å². The minimum Gasteiger partial charge on any atom is -0.482 e. The normalized spacial score (nSPS) is 15.5. The van der Waals surface area contributed by atoms with E-state index in [0.29, 0.717) is 17.9 Å². The molecule has 1 aliphatic rings. The first-order valence-electron chi connectivity index (χ1n) is 9.53. The lowest BCUT2D eigenvalue weighted by Crippen LogP contribution is -2.42. The number of hydrogen-bond donors (Lipinski definition) is 2. The molecule has 0 saturated carbocycles. The Morgan fingerprint density at radius 2 is 1.86 bits per heavy atom. The number of carbonyl (C=O) groups excluding carboxylic acids is 3. The second-order valence-electron chi connectivity index (χ2n) is 6.49. The van der Waals surface area contributed by atoms with E-state index in [9.17, 15) is 14.4 Å². The summed E-state index contributed by atoms with van der Waals surface area (Å²) in [7, 11) is 0. The van der Waals surface area contributed by atoms with Crippen LogP contribution in [0, 0.1) is 0 Å². The van der Waals surface area contributed by atoms with Gasteiger partial charge in [-0.2, -0.15) is 0 Å². The summed E-state index contributed by atoms with van der Waals surface area (Å²) in [5, 5.41) is 5.92. The first kappa shape index (κ1) is 21.8. The number of ether oxygens (including phenoxy) is 3. The highest BCUT2D eigenvalue weighted by Gasteiger charge is 2.26. The molecule has 1 fully saturated rings. The number of carbonyl (C=O) groups is 3. The van der Waals surface area contributed by atoms with E-state index in [1.807, 2.05) is 0 Å². The molecule has 0 unspecified atom stereocenters. The lowest BCUT2D eigenvalue weighted by molar-refractivity contribution is -0.145. The predicted molar refractivity (Wildman–Crippen MR) is 102 cm³/mol. The smallest absolute Gasteiger partial charge is 0.344 e. The van der Waals surface area contributed by atoms with Crippen molar-refractivity contribution in [3.8, 4) is 5.75 Å². The molecular weight excluding hydrogens is 364 g/mol. The molecule has 2 N–H and O–H groups in total. The van der Waals surface area contributed by atoms with Gasteiger partial charge in [0.2, 0.25) is 5.91 Å². The number of esters is 1. The summed E-state index contributed by atoms with van der Waals surface area (Å²) in [5.41, 5.74) is 0.452. The zero-order chi connectivity index (χ0) is 20.4. The second kappa shape index (κ2) is 11.4. The van der Waals surface area contributed by atoms with Gasteiger partial charge in [-0.05, 0) is 57.1 Å². The van der Waals surface area contributed by atoms with Crippen molar-refractivity contribution in [2.75, 3.05) is 32.8 Å². The van der Waals surface area contributed by atoms with Crippen LogP contribution < -0.4 is 15.4 Å². The number of hydrogen-bond acceptors (Lipinski definition) is 7. The van der Waals surface area contributed by atoms with Crippen LogP contribution in [0.1, 0.15) is 37.0 Å². The van der Waals surface area contributed by atoms with Gasteiger partial charge in [-0.1, -0.05) is 0 Å². The summed E-state index contributed by atoms with van der Waals surface area (Å²) in [5.74, 6) is -0.408. The van der Waals surface area contributed by atoms with E-state index in [1.165, 1.54) is 6.92 Å². The highest BCUT2D eigenvalue weighted by molar-refractivity contribution is 6.00. The van der Waals surface area contributed by atoms with Crippen LogP contribution in [0.15, 0.2) is 24.3 Å². The van der Waals surface area contributed by atoms with Crippen molar-refractivity contribution in [3.63, 3.8) is 0 Å². The summed E-state index contributed by atoms with van der Waals surface area (Å²) >= 11 is 0. The van der Waals surface area contributed by atoms with Gasteiger partial charge < -0.3 is 24.8 Å². The third-order valence-corrected chi connectivity index (χ3v) is 4.27. The first-order valence-corrected chi connectivity index (χ1v) is 9.53. The Labute approximate surface area is 164 Å². The van der Waals surface area contributed by atoms with E-state index in [-0.39, 0.29) is 30.9 Å². The van der Waals surface area contributed by atoms with Crippen molar-refractivity contribution in [2.24, 2.45) is 0 Å². The molecule has 8 nitrogen and oxygen atoms in total. The Bertz CT molecular complexity index is 655. The van der Waals surface area contributed by atoms with Gasteiger partial charge in [0.1, 0.15) is 11.9 Å². The third kappa shape index (κ3) is 7.28. The van der Waals surface area contributed by atoms with Crippen molar-refractivity contribution in [1.82, 2.24) is 10.6 Å². The Hall–Kier alpha value is -2.45. The Balaban J connectivity index is 1.98. The van der Waals surface area contributed by atoms with Gasteiger partial charge in [-0.3, -0.25) is 9.59 Å². The maximum Gasteiger partial charge on any atom is 0.344 e. The van der Waals surface area contributed by atoms with Crippen LogP contribution in [0.2, 0.25) is 0 Å². The molecule has 1 aromatic rings. The van der Waals surface area contributed by atoms with Crippen LogP contribution in [-0.2, 0) is 19.1 Å². The molecule has 1 atom stereocenters. The van der Waals surface area contributed by atoms with Crippen LogP contribution in [0.4, 0.5) is 0 Å². The lowest BCUT2D eigenvalue weighted by Gasteiger charge is -2.27. The Morgan fingerprint density at radius 3 is 2.46 bits per heavy atom. The topological polar surface area (TPSA) is 103 Å². The molecule has 28 heavy (non-hydrogen) atoms. The highest BCUT2D eigenvalue weighted by Crippen LogP contribution is 2.17. The number of nitrogens with one attached hydrogen (secondary N) is 2. The molecule has 1 saturated heterocycles. The van der Waals surface area contributed by atoms with Gasteiger partial charge in [0.05, 0.1) is 19.3 Å². The number of piperidine rings is 1. The van der Waals surface area contributed by atoms with Crippen LogP contribution in [0.25, 0.3) is 0 Å². The third-order valence-electron chi connectivity index (χ3n) is 4.27. The van der Waals surface area contributed by atoms with Crippen molar-refractivity contribution < 1.29 is 28.6 Å². The molecular formula is C20H28N2O6. The van der Waals surface area contributed by atoms with E-state index >= 15 is 0 Å². The number of ketones is 1. The molecule has 1 heterocycles. The summed E-state index contributed by atoms with van der Waals surface area (Å²) < 4.78 is 16.1. The molecule has 0 radical (unpaired) electrons. The van der Waals surface area contributed by atoms with Crippen LogP contribution >= 0.6 is 0 Å². The minimum absolute atomic E-state index is 0.0175. The molecule has 8 heteroatoms. The van der Waals surface area contributed by atoms with Gasteiger partial charge >= 0.3 is 5.97 Å². The summed E-state index contributed by atoms with van der Waals surface area (Å²) in [6.45, 7) is 5.05. The van der Waals surface area contributed by atoms with Crippen molar-refractivity contribution >= 4 is 17.7 Å². The van der Waals surface area contributed by atoms with Crippen LogP contribution in [0.3, 0.4) is 0 Å². The van der Waals surface area contributed by atoms with Crippen molar-refractivity contribution in [3.05, 3.63) is 29.8 Å². The molecule has 154 valence electrons. The van der Waals surface area contributed by atoms with Crippen molar-refractivity contribution in [1.29, 1.82) is 0 Å². The number of rotatable bonds is 10. The quantitative estimate of drug-likeness (QED) is 0.454. The molecule has 2 rings (SSSR count). The average molecular weight is 392 g/mol. The lowest BCUT2D eigenvalue weighted by atomic mass is 10.0. The molecule has 1 aromatic carbocycles. The van der Waals surface area contributed by atoms with E-state index in [1.54, 1.807) is 31.2 Å². The maximum absolute atomic E-state index is 12.9. The number of benzene rings is 1. The van der Waals surface area contributed by atoms with Gasteiger partial charge in [-0.15, -0.1) is 0 Å². The van der Waals surface area contributed by atoms with E-state index in [4.69, 9.17) is 14.2 Å². The zero-order valence-corrected chi connectivity index (χ0v) is 16.4. The maximum atomic E-state index is 12.9. The second-order valence-corrected chi connectivity index (χ2v) is 6.49. The number of amides is 1. The standard InChI is InChI=1S/C20H28N2O6/c1-3-26-19(24)13-27-16-6-4-15(5-7-16)20(25)18(12-22-14(2)23)28-17-8-10-21-11-9-17/h4-7,17-18,21H,3,8-13H2,1-2H3,(H,22,23)/t18-/m0/s1. The summed E-state index contributed by atoms with van der Waals surface area (Å²) in [4.78, 5) is 35.5. The van der Waals surface area contributed by atoms with Gasteiger partial charge in [0.25, 0.3) is 0 Å². The number of Topliss-reactive ketones (excluding diaryl/α,β-unsaturated/α-hetero) is 1. The summed E-state index contributed by atoms with van der Waals surface area (Å²) in [6, 6.07) is 6.48. The van der Waals surface area contributed by atoms with E-state index in [2.05, 4.69) is 10.6 Å². The fourth-order valence-electron chi connectivity index (χ4n) is 2.85. The zero-order valence-electron chi connectivity index (χ0n) is 16.4. The first-order chi connectivity index (χ1) is 13.5. The molecule has 0 spiro atoms. The molecule has 1 amide bonds. The molecule has 1 aliphatic heterocycles. The Kier molecular flexibility index (Phi) is 8.90. The van der Waals surface area contributed by atoms with Crippen LogP contribution in [-0.4, -0.2) is 62.7 Å². The molecule has 0 aliphatic carbocycles. The van der Waals surface area contributed by atoms with E-state index in [0.717, 1.165) is 25.9 Å². The minimum atomic E-state index is -0.752.